The van der Waals surface area contributed by atoms with Gasteiger partial charge in [0.1, 0.15) is 0 Å². The second-order valence-corrected chi connectivity index (χ2v) is 7.14. The largest absolute Gasteiger partial charge is 0.289 e. The molecule has 142 valence electrons. The standard InChI is InChI=1S/C26H22N2O/c1-19-8-12-22(13-9-19)26-23(14-17-25(29)21-6-4-3-5-7-21)18-28(27-26)24-15-10-20(2)11-16-24/h3-18H,1-2H3/b17-14+. The van der Waals surface area contributed by atoms with Crippen molar-refractivity contribution in [2.24, 2.45) is 0 Å². The SMILES string of the molecule is Cc1ccc(-c2nn(-c3ccc(C)cc3)cc2/C=C/C(=O)c2ccccc2)cc1. The first kappa shape index (κ1) is 18.6. The first-order chi connectivity index (χ1) is 14.1. The highest BCUT2D eigenvalue weighted by Gasteiger charge is 2.11. The molecule has 1 heterocycles. The Balaban J connectivity index is 1.74. The highest BCUT2D eigenvalue weighted by molar-refractivity contribution is 6.07. The Hall–Kier alpha value is -3.72. The van der Waals surface area contributed by atoms with E-state index in [1.165, 1.54) is 11.1 Å². The molecule has 0 unspecified atom stereocenters. The highest BCUT2D eigenvalue weighted by Crippen LogP contribution is 2.25. The van der Waals surface area contributed by atoms with Gasteiger partial charge in [0.2, 0.25) is 0 Å². The smallest absolute Gasteiger partial charge is 0.185 e. The Kier molecular flexibility index (Phi) is 5.21. The van der Waals surface area contributed by atoms with Crippen molar-refractivity contribution in [3.63, 3.8) is 0 Å². The molecule has 3 aromatic carbocycles. The molecule has 0 aliphatic rings. The molecule has 1 aromatic heterocycles. The predicted octanol–water partition coefficient (Wildman–Crippen LogP) is 6.05. The summed E-state index contributed by atoms with van der Waals surface area (Å²) in [4.78, 5) is 12.5. The van der Waals surface area contributed by atoms with Gasteiger partial charge in [0.05, 0.1) is 11.4 Å². The number of carbonyl (C=O) groups is 1. The zero-order valence-electron chi connectivity index (χ0n) is 16.5. The average Bonchev–Trinajstić information content (AvgIpc) is 3.18. The van der Waals surface area contributed by atoms with Crippen molar-refractivity contribution < 1.29 is 4.79 Å². The van der Waals surface area contributed by atoms with E-state index in [9.17, 15) is 4.79 Å². The second-order valence-electron chi connectivity index (χ2n) is 7.14. The number of aryl methyl sites for hydroxylation is 2. The van der Waals surface area contributed by atoms with Crippen molar-refractivity contribution in [1.82, 2.24) is 9.78 Å². The fourth-order valence-corrected chi connectivity index (χ4v) is 3.14. The third kappa shape index (κ3) is 4.25. The van der Waals surface area contributed by atoms with E-state index < -0.39 is 0 Å². The molecule has 0 saturated heterocycles. The van der Waals surface area contributed by atoms with Gasteiger partial charge in [-0.25, -0.2) is 4.68 Å². The van der Waals surface area contributed by atoms with Crippen molar-refractivity contribution >= 4 is 11.9 Å². The minimum atomic E-state index is -0.0245. The quantitative estimate of drug-likeness (QED) is 0.313. The fraction of sp³-hybridized carbons (Fsp3) is 0.0769. The molecule has 0 N–H and O–H groups in total. The van der Waals surface area contributed by atoms with E-state index in [0.717, 1.165) is 22.5 Å². The van der Waals surface area contributed by atoms with Crippen LogP contribution in [0.25, 0.3) is 23.0 Å². The summed E-state index contributed by atoms with van der Waals surface area (Å²) < 4.78 is 1.86. The number of hydrogen-bond donors (Lipinski definition) is 0. The van der Waals surface area contributed by atoms with Crippen LogP contribution in [-0.2, 0) is 0 Å². The van der Waals surface area contributed by atoms with E-state index in [1.807, 2.05) is 59.4 Å². The van der Waals surface area contributed by atoms with E-state index in [1.54, 1.807) is 6.08 Å². The fourth-order valence-electron chi connectivity index (χ4n) is 3.14. The summed E-state index contributed by atoms with van der Waals surface area (Å²) in [6, 6.07) is 25.8. The van der Waals surface area contributed by atoms with Crippen molar-refractivity contribution in [3.05, 3.63) is 113 Å². The van der Waals surface area contributed by atoms with E-state index >= 15 is 0 Å². The molecule has 4 rings (SSSR count). The van der Waals surface area contributed by atoms with Crippen molar-refractivity contribution in [1.29, 1.82) is 0 Å². The van der Waals surface area contributed by atoms with Gasteiger partial charge in [-0.3, -0.25) is 4.79 Å². The minimum Gasteiger partial charge on any atom is -0.289 e. The number of aromatic nitrogens is 2. The third-order valence-electron chi connectivity index (χ3n) is 4.84. The topological polar surface area (TPSA) is 34.9 Å². The van der Waals surface area contributed by atoms with Gasteiger partial charge in [0, 0.05) is 22.9 Å². The first-order valence-electron chi connectivity index (χ1n) is 9.61. The van der Waals surface area contributed by atoms with E-state index in [-0.39, 0.29) is 5.78 Å². The molecule has 0 bridgehead atoms. The Bertz CT molecular complexity index is 1150. The Labute approximate surface area is 171 Å². The van der Waals surface area contributed by atoms with Crippen LogP contribution in [-0.4, -0.2) is 15.6 Å². The average molecular weight is 378 g/mol. The van der Waals surface area contributed by atoms with Crippen LogP contribution >= 0.6 is 0 Å². The van der Waals surface area contributed by atoms with Crippen LogP contribution in [0, 0.1) is 13.8 Å². The molecular formula is C26H22N2O. The zero-order valence-corrected chi connectivity index (χ0v) is 16.5. The summed E-state index contributed by atoms with van der Waals surface area (Å²) in [5.41, 5.74) is 6.83. The molecule has 0 atom stereocenters. The summed E-state index contributed by atoms with van der Waals surface area (Å²) in [5, 5.41) is 4.81. The molecule has 0 aliphatic heterocycles. The maximum Gasteiger partial charge on any atom is 0.185 e. The van der Waals surface area contributed by atoms with Crippen molar-refractivity contribution in [2.75, 3.05) is 0 Å². The molecule has 0 amide bonds. The van der Waals surface area contributed by atoms with Gasteiger partial charge in [0.25, 0.3) is 0 Å². The first-order valence-corrected chi connectivity index (χ1v) is 9.61. The van der Waals surface area contributed by atoms with Crippen LogP contribution in [0.4, 0.5) is 0 Å². The Morgan fingerprint density at radius 2 is 1.45 bits per heavy atom. The molecule has 29 heavy (non-hydrogen) atoms. The number of rotatable bonds is 5. The zero-order chi connectivity index (χ0) is 20.2. The number of nitrogens with zero attached hydrogens (tertiary/aromatic N) is 2. The van der Waals surface area contributed by atoms with E-state index in [4.69, 9.17) is 5.10 Å². The van der Waals surface area contributed by atoms with Crippen LogP contribution in [0.3, 0.4) is 0 Å². The van der Waals surface area contributed by atoms with Crippen LogP contribution in [0.2, 0.25) is 0 Å². The lowest BCUT2D eigenvalue weighted by molar-refractivity contribution is 0.104. The molecule has 0 saturated carbocycles. The summed E-state index contributed by atoms with van der Waals surface area (Å²) in [6.45, 7) is 4.13. The Morgan fingerprint density at radius 3 is 2.10 bits per heavy atom. The second kappa shape index (κ2) is 8.11. The lowest BCUT2D eigenvalue weighted by Gasteiger charge is -2.02. The number of hydrogen-bond acceptors (Lipinski definition) is 2. The van der Waals surface area contributed by atoms with Gasteiger partial charge in [-0.15, -0.1) is 0 Å². The van der Waals surface area contributed by atoms with Gasteiger partial charge in [-0.05, 0) is 38.1 Å². The van der Waals surface area contributed by atoms with E-state index in [2.05, 4.69) is 50.2 Å². The minimum absolute atomic E-state index is 0.0245. The number of allylic oxidation sites excluding steroid dienone is 1. The van der Waals surface area contributed by atoms with E-state index in [0.29, 0.717) is 5.56 Å². The number of benzene rings is 3. The molecule has 0 radical (unpaired) electrons. The van der Waals surface area contributed by atoms with Gasteiger partial charge in [-0.2, -0.15) is 5.10 Å². The van der Waals surface area contributed by atoms with Gasteiger partial charge < -0.3 is 0 Å². The molecule has 0 spiro atoms. The molecule has 3 nitrogen and oxygen atoms in total. The maximum atomic E-state index is 12.5. The van der Waals surface area contributed by atoms with Crippen molar-refractivity contribution in [3.8, 4) is 16.9 Å². The summed E-state index contributed by atoms with van der Waals surface area (Å²) >= 11 is 0. The van der Waals surface area contributed by atoms with Gasteiger partial charge >= 0.3 is 0 Å². The maximum absolute atomic E-state index is 12.5. The normalized spacial score (nSPS) is 11.1. The lowest BCUT2D eigenvalue weighted by Crippen LogP contribution is -1.94. The monoisotopic (exact) mass is 378 g/mol. The number of ketones is 1. The van der Waals surface area contributed by atoms with Crippen LogP contribution in [0.15, 0.2) is 91.1 Å². The summed E-state index contributed by atoms with van der Waals surface area (Å²) in [7, 11) is 0. The lowest BCUT2D eigenvalue weighted by atomic mass is 10.0. The molecular weight excluding hydrogens is 356 g/mol. The summed E-state index contributed by atoms with van der Waals surface area (Å²) in [6.07, 6.45) is 5.43. The van der Waals surface area contributed by atoms with Gasteiger partial charge in [0.15, 0.2) is 5.78 Å². The Morgan fingerprint density at radius 1 is 0.828 bits per heavy atom. The highest BCUT2D eigenvalue weighted by atomic mass is 16.1. The van der Waals surface area contributed by atoms with Crippen LogP contribution in [0.5, 0.6) is 0 Å². The molecule has 4 aromatic rings. The van der Waals surface area contributed by atoms with Crippen LogP contribution in [0.1, 0.15) is 27.0 Å². The third-order valence-corrected chi connectivity index (χ3v) is 4.84. The predicted molar refractivity (Wildman–Crippen MR) is 118 cm³/mol. The van der Waals surface area contributed by atoms with Crippen molar-refractivity contribution in [2.45, 2.75) is 13.8 Å². The molecule has 0 aliphatic carbocycles. The molecule has 3 heteroatoms. The summed E-state index contributed by atoms with van der Waals surface area (Å²) in [5.74, 6) is -0.0245. The number of carbonyl (C=O) groups excluding carboxylic acids is 1. The van der Waals surface area contributed by atoms with Crippen LogP contribution < -0.4 is 0 Å². The van der Waals surface area contributed by atoms with Gasteiger partial charge in [-0.1, -0.05) is 77.9 Å². The molecule has 0 fully saturated rings.